The van der Waals surface area contributed by atoms with Crippen molar-refractivity contribution in [2.24, 2.45) is 11.5 Å². The lowest BCUT2D eigenvalue weighted by atomic mass is 10.1. The number of nitrogens with two attached hydrogens (primary N) is 2. The minimum Gasteiger partial charge on any atom is -0.368 e. The highest BCUT2D eigenvalue weighted by Gasteiger charge is 2.22. The molecule has 0 radical (unpaired) electrons. The molecule has 0 aromatic heterocycles. The van der Waals surface area contributed by atoms with Crippen LogP contribution in [0.5, 0.6) is 0 Å². The summed E-state index contributed by atoms with van der Waals surface area (Å²) < 4.78 is 4.79. The van der Waals surface area contributed by atoms with Crippen LogP contribution in [0.25, 0.3) is 0 Å². The molecule has 1 aromatic carbocycles. The molecule has 0 saturated carbocycles. The summed E-state index contributed by atoms with van der Waals surface area (Å²) in [4.78, 5) is 58.0. The van der Waals surface area contributed by atoms with Gasteiger partial charge in [-0.2, -0.15) is 0 Å². The summed E-state index contributed by atoms with van der Waals surface area (Å²) in [6, 6.07) is 7.97. The van der Waals surface area contributed by atoms with Crippen molar-refractivity contribution in [2.45, 2.75) is 12.5 Å². The molecular formula is C18H26N6O6. The Labute approximate surface area is 173 Å². The van der Waals surface area contributed by atoms with Crippen LogP contribution in [0.1, 0.15) is 5.56 Å². The highest BCUT2D eigenvalue weighted by molar-refractivity contribution is 5.92. The van der Waals surface area contributed by atoms with Gasteiger partial charge in [-0.05, 0) is 5.56 Å². The molecule has 12 nitrogen and oxygen atoms in total. The van der Waals surface area contributed by atoms with Crippen LogP contribution in [0.3, 0.4) is 0 Å². The summed E-state index contributed by atoms with van der Waals surface area (Å²) in [6.07, 6.45) is 0.173. The first-order valence-corrected chi connectivity index (χ1v) is 9.02. The van der Waals surface area contributed by atoms with E-state index in [1.54, 1.807) is 24.3 Å². The van der Waals surface area contributed by atoms with Gasteiger partial charge < -0.3 is 37.5 Å². The summed E-state index contributed by atoms with van der Waals surface area (Å²) in [5, 5.41) is 9.57. The monoisotopic (exact) mass is 422 g/mol. The van der Waals surface area contributed by atoms with Gasteiger partial charge in [-0.1, -0.05) is 30.3 Å². The number of benzene rings is 1. The Balaban J connectivity index is 2.58. The predicted octanol–water partition coefficient (Wildman–Crippen LogP) is -3.52. The van der Waals surface area contributed by atoms with Gasteiger partial charge in [0.2, 0.25) is 29.5 Å². The molecule has 0 bridgehead atoms. The second-order valence-corrected chi connectivity index (χ2v) is 6.07. The molecule has 8 N–H and O–H groups in total. The number of hydrogen-bond donors (Lipinski definition) is 6. The van der Waals surface area contributed by atoms with Crippen molar-refractivity contribution >= 4 is 29.5 Å². The first kappa shape index (κ1) is 24.5. The van der Waals surface area contributed by atoms with Crippen LogP contribution in [-0.2, 0) is 35.1 Å². The average molecular weight is 422 g/mol. The Bertz CT molecular complexity index is 742. The first-order chi connectivity index (χ1) is 14.3. The Morgan fingerprint density at radius 1 is 0.900 bits per heavy atom. The van der Waals surface area contributed by atoms with Crippen molar-refractivity contribution in [3.05, 3.63) is 35.9 Å². The summed E-state index contributed by atoms with van der Waals surface area (Å²) in [5.41, 5.74) is 10.8. The zero-order valence-corrected chi connectivity index (χ0v) is 16.3. The van der Waals surface area contributed by atoms with Gasteiger partial charge in [-0.15, -0.1) is 0 Å². The summed E-state index contributed by atoms with van der Waals surface area (Å²) in [6.45, 7) is -1.57. The van der Waals surface area contributed by atoms with Crippen molar-refractivity contribution in [3.63, 3.8) is 0 Å². The molecule has 0 heterocycles. The van der Waals surface area contributed by atoms with Crippen LogP contribution in [0.4, 0.5) is 0 Å². The molecule has 30 heavy (non-hydrogen) atoms. The van der Waals surface area contributed by atoms with E-state index in [2.05, 4.69) is 21.3 Å². The lowest BCUT2D eigenvalue weighted by Crippen LogP contribution is -2.52. The zero-order chi connectivity index (χ0) is 22.4. The van der Waals surface area contributed by atoms with Crippen molar-refractivity contribution in [1.29, 1.82) is 0 Å². The maximum absolute atomic E-state index is 12.5. The fourth-order valence-corrected chi connectivity index (χ4v) is 2.19. The standard InChI is InChI=1S/C18H26N6O6/c19-7-15(26)21-9-17(28)24-13(6-12-4-2-1-3-5-12)18(29)22-8-16(27)23-11-30-10-14(20)25/h1-5,13H,6-11,19H2,(H2,20,25)(H,21,26)(H,22,29)(H,23,27)(H,24,28). The Hall–Kier alpha value is -3.51. The lowest BCUT2D eigenvalue weighted by molar-refractivity contribution is -0.131. The summed E-state index contributed by atoms with van der Waals surface area (Å²) in [5.74, 6) is -2.93. The van der Waals surface area contributed by atoms with Crippen molar-refractivity contribution in [3.8, 4) is 0 Å². The van der Waals surface area contributed by atoms with E-state index in [0.717, 1.165) is 5.56 Å². The van der Waals surface area contributed by atoms with Crippen LogP contribution in [0.2, 0.25) is 0 Å². The quantitative estimate of drug-likeness (QED) is 0.140. The van der Waals surface area contributed by atoms with E-state index in [4.69, 9.17) is 16.2 Å². The highest BCUT2D eigenvalue weighted by atomic mass is 16.5. The van der Waals surface area contributed by atoms with E-state index in [-0.39, 0.29) is 39.4 Å². The van der Waals surface area contributed by atoms with Crippen LogP contribution < -0.4 is 32.7 Å². The van der Waals surface area contributed by atoms with E-state index in [0.29, 0.717) is 0 Å². The lowest BCUT2D eigenvalue weighted by Gasteiger charge is -2.19. The van der Waals surface area contributed by atoms with Crippen molar-refractivity contribution < 1.29 is 28.7 Å². The molecule has 1 atom stereocenters. The van der Waals surface area contributed by atoms with Gasteiger partial charge in [-0.3, -0.25) is 24.0 Å². The number of primary amides is 1. The molecule has 0 spiro atoms. The molecule has 0 fully saturated rings. The third-order valence-corrected chi connectivity index (χ3v) is 3.60. The highest BCUT2D eigenvalue weighted by Crippen LogP contribution is 2.03. The van der Waals surface area contributed by atoms with Gasteiger partial charge in [0.05, 0.1) is 19.6 Å². The number of carbonyl (C=O) groups is 5. The first-order valence-electron chi connectivity index (χ1n) is 9.02. The third kappa shape index (κ3) is 10.7. The molecule has 1 unspecified atom stereocenters. The second kappa shape index (κ2) is 13.6. The maximum atomic E-state index is 12.5. The topological polar surface area (TPSA) is 195 Å². The van der Waals surface area contributed by atoms with Gasteiger partial charge >= 0.3 is 0 Å². The molecular weight excluding hydrogens is 396 g/mol. The normalized spacial score (nSPS) is 11.1. The average Bonchev–Trinajstić information content (AvgIpc) is 2.73. The molecule has 12 heteroatoms. The minimum atomic E-state index is -0.978. The van der Waals surface area contributed by atoms with Gasteiger partial charge in [0.25, 0.3) is 0 Å². The zero-order valence-electron chi connectivity index (χ0n) is 16.3. The maximum Gasteiger partial charge on any atom is 0.243 e. The molecule has 0 aliphatic carbocycles. The van der Waals surface area contributed by atoms with Gasteiger partial charge in [0.1, 0.15) is 19.4 Å². The largest absolute Gasteiger partial charge is 0.368 e. The van der Waals surface area contributed by atoms with Gasteiger partial charge in [0.15, 0.2) is 0 Å². The fourth-order valence-electron chi connectivity index (χ4n) is 2.19. The van der Waals surface area contributed by atoms with E-state index in [1.165, 1.54) is 0 Å². The van der Waals surface area contributed by atoms with E-state index >= 15 is 0 Å². The van der Waals surface area contributed by atoms with Gasteiger partial charge in [-0.25, -0.2) is 0 Å². The predicted molar refractivity (Wildman–Crippen MR) is 105 cm³/mol. The number of amides is 5. The molecule has 1 rings (SSSR count). The fraction of sp³-hybridized carbons (Fsp3) is 0.389. The van der Waals surface area contributed by atoms with Crippen LogP contribution in [-0.4, -0.2) is 68.5 Å². The molecule has 164 valence electrons. The Morgan fingerprint density at radius 2 is 1.57 bits per heavy atom. The molecule has 0 saturated heterocycles. The summed E-state index contributed by atoms with van der Waals surface area (Å²) >= 11 is 0. The summed E-state index contributed by atoms with van der Waals surface area (Å²) in [7, 11) is 0. The van der Waals surface area contributed by atoms with Crippen LogP contribution in [0.15, 0.2) is 30.3 Å². The smallest absolute Gasteiger partial charge is 0.243 e. The molecule has 5 amide bonds. The third-order valence-electron chi connectivity index (χ3n) is 3.60. The van der Waals surface area contributed by atoms with E-state index in [9.17, 15) is 24.0 Å². The molecule has 0 aliphatic rings. The van der Waals surface area contributed by atoms with Crippen LogP contribution >= 0.6 is 0 Å². The van der Waals surface area contributed by atoms with E-state index in [1.807, 2.05) is 6.07 Å². The number of hydrogen-bond acceptors (Lipinski definition) is 7. The van der Waals surface area contributed by atoms with Gasteiger partial charge in [0, 0.05) is 6.42 Å². The second-order valence-electron chi connectivity index (χ2n) is 6.07. The Morgan fingerprint density at radius 3 is 2.20 bits per heavy atom. The number of ether oxygens (including phenoxy) is 1. The van der Waals surface area contributed by atoms with E-state index < -0.39 is 35.6 Å². The molecule has 1 aromatic rings. The number of carbonyl (C=O) groups excluding carboxylic acids is 5. The molecule has 0 aliphatic heterocycles. The van der Waals surface area contributed by atoms with Crippen molar-refractivity contribution in [2.75, 3.05) is 33.0 Å². The number of rotatable bonds is 13. The minimum absolute atomic E-state index is 0.173. The van der Waals surface area contributed by atoms with Crippen LogP contribution in [0, 0.1) is 0 Å². The Kier molecular flexibility index (Phi) is 11.1. The SMILES string of the molecule is NCC(=O)NCC(=O)NC(Cc1ccccc1)C(=O)NCC(=O)NCOCC(N)=O. The van der Waals surface area contributed by atoms with Crippen molar-refractivity contribution in [1.82, 2.24) is 21.3 Å². The number of nitrogens with one attached hydrogen (secondary N) is 4.